The molecule has 0 aliphatic rings. The summed E-state index contributed by atoms with van der Waals surface area (Å²) in [7, 11) is 3.79. The van der Waals surface area contributed by atoms with Gasteiger partial charge in [-0.05, 0) is 20.3 Å². The van der Waals surface area contributed by atoms with E-state index >= 15 is 0 Å². The van der Waals surface area contributed by atoms with Gasteiger partial charge in [-0.2, -0.15) is 4.98 Å². The largest absolute Gasteiger partial charge is 0.357 e. The van der Waals surface area contributed by atoms with E-state index in [4.69, 9.17) is 11.6 Å². The summed E-state index contributed by atoms with van der Waals surface area (Å²) >= 11 is 6.12. The fraction of sp³-hybridized carbons (Fsp3) is 0.636. The minimum atomic E-state index is 0.0169. The van der Waals surface area contributed by atoms with Crippen molar-refractivity contribution < 1.29 is 0 Å². The van der Waals surface area contributed by atoms with Crippen LogP contribution < -0.4 is 10.2 Å². The molecule has 0 bridgehead atoms. The van der Waals surface area contributed by atoms with E-state index in [9.17, 15) is 0 Å². The first-order valence-electron chi connectivity index (χ1n) is 5.36. The highest BCUT2D eigenvalue weighted by molar-refractivity contribution is 6.32. The number of rotatable bonds is 4. The van der Waals surface area contributed by atoms with Crippen molar-refractivity contribution in [1.29, 1.82) is 0 Å². The van der Waals surface area contributed by atoms with Crippen molar-refractivity contribution in [3.05, 3.63) is 11.2 Å². The molecule has 0 aliphatic heterocycles. The summed E-state index contributed by atoms with van der Waals surface area (Å²) < 4.78 is 0. The van der Waals surface area contributed by atoms with Gasteiger partial charge < -0.3 is 10.2 Å². The zero-order chi connectivity index (χ0) is 12.3. The van der Waals surface area contributed by atoms with Gasteiger partial charge in [0.2, 0.25) is 5.95 Å². The molecule has 5 heteroatoms. The molecule has 4 nitrogen and oxygen atoms in total. The van der Waals surface area contributed by atoms with E-state index in [1.165, 1.54) is 0 Å². The first-order valence-corrected chi connectivity index (χ1v) is 5.74. The number of aromatic nitrogens is 2. The molecule has 1 N–H and O–H groups in total. The Labute approximate surface area is 102 Å². The van der Waals surface area contributed by atoms with Crippen LogP contribution in [0.15, 0.2) is 6.20 Å². The van der Waals surface area contributed by atoms with Gasteiger partial charge in [-0.1, -0.05) is 18.5 Å². The zero-order valence-corrected chi connectivity index (χ0v) is 11.3. The van der Waals surface area contributed by atoms with Crippen molar-refractivity contribution in [3.8, 4) is 0 Å². The van der Waals surface area contributed by atoms with Gasteiger partial charge in [0.05, 0.1) is 6.20 Å². The van der Waals surface area contributed by atoms with Crippen molar-refractivity contribution in [2.24, 2.45) is 0 Å². The van der Waals surface area contributed by atoms with Crippen molar-refractivity contribution in [2.75, 3.05) is 24.3 Å². The molecule has 1 heterocycles. The molecule has 90 valence electrons. The second-order valence-electron chi connectivity index (χ2n) is 4.34. The van der Waals surface area contributed by atoms with Crippen LogP contribution in [0.1, 0.15) is 27.2 Å². The maximum absolute atomic E-state index is 6.12. The second kappa shape index (κ2) is 4.87. The Morgan fingerprint density at radius 2 is 2.12 bits per heavy atom. The molecule has 16 heavy (non-hydrogen) atoms. The predicted octanol–water partition coefficient (Wildman–Crippen LogP) is 2.80. The van der Waals surface area contributed by atoms with Crippen LogP contribution in [0.3, 0.4) is 0 Å². The lowest BCUT2D eigenvalue weighted by atomic mass is 10.0. The number of halogens is 1. The van der Waals surface area contributed by atoms with E-state index < -0.39 is 0 Å². The van der Waals surface area contributed by atoms with Gasteiger partial charge in [-0.15, -0.1) is 0 Å². The van der Waals surface area contributed by atoms with Crippen LogP contribution in [0.4, 0.5) is 11.8 Å². The lowest BCUT2D eigenvalue weighted by Gasteiger charge is -2.36. The fourth-order valence-corrected chi connectivity index (χ4v) is 1.46. The Kier molecular flexibility index (Phi) is 3.97. The normalized spacial score (nSPS) is 11.4. The molecule has 1 aromatic rings. The average Bonchev–Trinajstić information content (AvgIpc) is 2.29. The van der Waals surface area contributed by atoms with E-state index in [0.29, 0.717) is 11.0 Å². The van der Waals surface area contributed by atoms with Crippen molar-refractivity contribution in [2.45, 2.75) is 32.7 Å². The molecular formula is C11H19ClN4. The number of hydrogen-bond donors (Lipinski definition) is 1. The van der Waals surface area contributed by atoms with Gasteiger partial charge in [0, 0.05) is 19.6 Å². The molecule has 0 aromatic carbocycles. The summed E-state index contributed by atoms with van der Waals surface area (Å²) in [5.74, 6) is 1.34. The Morgan fingerprint density at radius 1 is 1.50 bits per heavy atom. The average molecular weight is 243 g/mol. The van der Waals surface area contributed by atoms with Crippen LogP contribution >= 0.6 is 11.6 Å². The molecule has 0 saturated carbocycles. The van der Waals surface area contributed by atoms with Crippen LogP contribution in [-0.4, -0.2) is 29.6 Å². The highest BCUT2D eigenvalue weighted by Crippen LogP contribution is 2.29. The molecule has 0 spiro atoms. The van der Waals surface area contributed by atoms with Crippen LogP contribution in [0.2, 0.25) is 5.02 Å². The molecule has 0 saturated heterocycles. The first kappa shape index (κ1) is 13.0. The van der Waals surface area contributed by atoms with Crippen molar-refractivity contribution >= 4 is 23.4 Å². The summed E-state index contributed by atoms with van der Waals surface area (Å²) in [5.41, 5.74) is 0.0169. The van der Waals surface area contributed by atoms with Gasteiger partial charge in [0.1, 0.15) is 5.02 Å². The van der Waals surface area contributed by atoms with Gasteiger partial charge in [-0.3, -0.25) is 0 Å². The molecule has 0 fully saturated rings. The lowest BCUT2D eigenvalue weighted by Crippen LogP contribution is -2.41. The molecule has 0 radical (unpaired) electrons. The molecule has 1 aromatic heterocycles. The highest BCUT2D eigenvalue weighted by Gasteiger charge is 2.24. The quantitative estimate of drug-likeness (QED) is 0.882. The molecule has 0 amide bonds. The molecule has 0 unspecified atom stereocenters. The minimum Gasteiger partial charge on any atom is -0.357 e. The van der Waals surface area contributed by atoms with E-state index in [1.807, 2.05) is 7.05 Å². The third-order valence-electron chi connectivity index (χ3n) is 3.04. The van der Waals surface area contributed by atoms with Crippen molar-refractivity contribution in [3.63, 3.8) is 0 Å². The molecule has 1 rings (SSSR count). The Morgan fingerprint density at radius 3 is 2.62 bits per heavy atom. The minimum absolute atomic E-state index is 0.0169. The van der Waals surface area contributed by atoms with E-state index in [2.05, 4.69) is 41.0 Å². The number of anilines is 2. The fourth-order valence-electron chi connectivity index (χ4n) is 1.24. The van der Waals surface area contributed by atoms with Gasteiger partial charge in [-0.25, -0.2) is 4.98 Å². The summed E-state index contributed by atoms with van der Waals surface area (Å²) in [4.78, 5) is 10.5. The maximum Gasteiger partial charge on any atom is 0.224 e. The molecule has 0 aliphatic carbocycles. The van der Waals surface area contributed by atoms with E-state index in [1.54, 1.807) is 13.2 Å². The Balaban J connectivity index is 3.11. The predicted molar refractivity (Wildman–Crippen MR) is 69.4 cm³/mol. The van der Waals surface area contributed by atoms with Crippen LogP contribution in [0, 0.1) is 0 Å². The zero-order valence-electron chi connectivity index (χ0n) is 10.5. The topological polar surface area (TPSA) is 41.1 Å². The van der Waals surface area contributed by atoms with E-state index in [0.717, 1.165) is 12.2 Å². The van der Waals surface area contributed by atoms with Gasteiger partial charge in [0.25, 0.3) is 0 Å². The number of nitrogens with zero attached hydrogens (tertiary/aromatic N) is 3. The third-order valence-corrected chi connectivity index (χ3v) is 3.31. The van der Waals surface area contributed by atoms with Crippen LogP contribution in [-0.2, 0) is 0 Å². The van der Waals surface area contributed by atoms with Gasteiger partial charge in [0.15, 0.2) is 5.82 Å². The third kappa shape index (κ3) is 2.55. The highest BCUT2D eigenvalue weighted by atomic mass is 35.5. The van der Waals surface area contributed by atoms with Crippen molar-refractivity contribution in [1.82, 2.24) is 9.97 Å². The maximum atomic E-state index is 6.12. The summed E-state index contributed by atoms with van der Waals surface area (Å²) in [6, 6.07) is 0. The first-order chi connectivity index (χ1) is 7.42. The molecule has 0 atom stereocenters. The van der Waals surface area contributed by atoms with E-state index in [-0.39, 0.29) is 5.54 Å². The second-order valence-corrected chi connectivity index (χ2v) is 4.75. The Hall–Kier alpha value is -1.03. The monoisotopic (exact) mass is 242 g/mol. The van der Waals surface area contributed by atoms with Gasteiger partial charge >= 0.3 is 0 Å². The summed E-state index contributed by atoms with van der Waals surface area (Å²) in [5, 5.41) is 3.48. The smallest absolute Gasteiger partial charge is 0.224 e. The molecular weight excluding hydrogens is 224 g/mol. The summed E-state index contributed by atoms with van der Waals surface area (Å²) in [6.45, 7) is 6.46. The van der Waals surface area contributed by atoms with Crippen LogP contribution in [0.25, 0.3) is 0 Å². The van der Waals surface area contributed by atoms with Crippen LogP contribution in [0.5, 0.6) is 0 Å². The number of hydrogen-bond acceptors (Lipinski definition) is 4. The summed E-state index contributed by atoms with van der Waals surface area (Å²) in [6.07, 6.45) is 2.64. The SMILES string of the molecule is CCC(C)(C)N(C)c1nc(NC)ncc1Cl. The Bertz CT molecular complexity index is 365. The number of nitrogens with one attached hydrogen (secondary N) is 1. The standard InChI is InChI=1S/C11H19ClN4/c1-6-11(2,3)16(5)9-8(12)7-14-10(13-4)15-9/h7H,6H2,1-5H3,(H,13,14,15). The lowest BCUT2D eigenvalue weighted by molar-refractivity contribution is 0.467.